The van der Waals surface area contributed by atoms with E-state index in [-0.39, 0.29) is 29.2 Å². The van der Waals surface area contributed by atoms with E-state index < -0.39 is 0 Å². The number of hydrogen-bond acceptors (Lipinski definition) is 2. The minimum absolute atomic E-state index is 0.00833. The van der Waals surface area contributed by atoms with Crippen LogP contribution in [-0.4, -0.2) is 17.4 Å². The predicted octanol–water partition coefficient (Wildman–Crippen LogP) is 2.61. The van der Waals surface area contributed by atoms with Crippen LogP contribution >= 0.6 is 0 Å². The summed E-state index contributed by atoms with van der Waals surface area (Å²) in [4.78, 5) is 24.5. The Labute approximate surface area is 128 Å². The van der Waals surface area contributed by atoms with Crippen LogP contribution in [0.5, 0.6) is 0 Å². The molecule has 4 nitrogen and oxygen atoms in total. The molecule has 2 atom stereocenters. The third-order valence-corrected chi connectivity index (χ3v) is 4.55. The SMILES string of the molecule is CC(C)(C)NC(=O)[C@H](CC1CC1)[C@H](CCC1CC1)C(N)=O. The summed E-state index contributed by atoms with van der Waals surface area (Å²) in [5.74, 6) is 0.545. The molecular weight excluding hydrogens is 264 g/mol. The maximum absolute atomic E-state index is 12.6. The van der Waals surface area contributed by atoms with E-state index >= 15 is 0 Å². The minimum Gasteiger partial charge on any atom is -0.369 e. The van der Waals surface area contributed by atoms with Gasteiger partial charge in [-0.15, -0.1) is 0 Å². The van der Waals surface area contributed by atoms with Crippen LogP contribution in [0.1, 0.15) is 65.7 Å². The van der Waals surface area contributed by atoms with Gasteiger partial charge < -0.3 is 11.1 Å². The molecule has 2 aliphatic carbocycles. The van der Waals surface area contributed by atoms with Crippen molar-refractivity contribution in [1.82, 2.24) is 5.32 Å². The second-order valence-electron chi connectivity index (χ2n) is 8.05. The summed E-state index contributed by atoms with van der Waals surface area (Å²) in [6, 6.07) is 0. The number of amides is 2. The second-order valence-corrected chi connectivity index (χ2v) is 8.05. The van der Waals surface area contributed by atoms with Crippen molar-refractivity contribution in [3.63, 3.8) is 0 Å². The average molecular weight is 294 g/mol. The van der Waals surface area contributed by atoms with Gasteiger partial charge in [-0.1, -0.05) is 25.7 Å². The van der Waals surface area contributed by atoms with Gasteiger partial charge in [-0.3, -0.25) is 9.59 Å². The van der Waals surface area contributed by atoms with Crippen molar-refractivity contribution in [2.45, 2.75) is 71.3 Å². The molecule has 21 heavy (non-hydrogen) atoms. The Morgan fingerprint density at radius 2 is 1.67 bits per heavy atom. The number of primary amides is 1. The minimum atomic E-state index is -0.301. The van der Waals surface area contributed by atoms with Crippen molar-refractivity contribution in [3.05, 3.63) is 0 Å². The van der Waals surface area contributed by atoms with Gasteiger partial charge in [-0.25, -0.2) is 0 Å². The highest BCUT2D eigenvalue weighted by molar-refractivity contribution is 5.87. The molecule has 2 amide bonds. The Morgan fingerprint density at radius 3 is 2.10 bits per heavy atom. The lowest BCUT2D eigenvalue weighted by molar-refractivity contribution is -0.135. The summed E-state index contributed by atoms with van der Waals surface area (Å²) < 4.78 is 0. The fourth-order valence-corrected chi connectivity index (χ4v) is 2.99. The molecule has 2 rings (SSSR count). The molecule has 3 N–H and O–H groups in total. The molecular formula is C17H30N2O2. The van der Waals surface area contributed by atoms with Crippen molar-refractivity contribution in [2.75, 3.05) is 0 Å². The van der Waals surface area contributed by atoms with Gasteiger partial charge in [0, 0.05) is 17.4 Å². The topological polar surface area (TPSA) is 72.2 Å². The fraction of sp³-hybridized carbons (Fsp3) is 0.882. The molecule has 0 aromatic heterocycles. The number of carbonyl (C=O) groups is 2. The van der Waals surface area contributed by atoms with Gasteiger partial charge in [0.1, 0.15) is 0 Å². The highest BCUT2D eigenvalue weighted by Gasteiger charge is 2.38. The molecule has 0 radical (unpaired) electrons. The van der Waals surface area contributed by atoms with Gasteiger partial charge in [0.05, 0.1) is 0 Å². The van der Waals surface area contributed by atoms with Crippen LogP contribution in [0.2, 0.25) is 0 Å². The molecule has 0 aromatic rings. The predicted molar refractivity (Wildman–Crippen MR) is 83.4 cm³/mol. The summed E-state index contributed by atoms with van der Waals surface area (Å²) in [6.07, 6.45) is 7.55. The lowest BCUT2D eigenvalue weighted by Gasteiger charge is -2.29. The van der Waals surface area contributed by atoms with Gasteiger partial charge in [-0.2, -0.15) is 0 Å². The normalized spacial score (nSPS) is 21.7. The zero-order valence-electron chi connectivity index (χ0n) is 13.7. The Balaban J connectivity index is 2.02. The van der Waals surface area contributed by atoms with Crippen LogP contribution in [0.25, 0.3) is 0 Å². The molecule has 0 aromatic carbocycles. The summed E-state index contributed by atoms with van der Waals surface area (Å²) in [5, 5.41) is 3.04. The Kier molecular flexibility index (Phi) is 4.95. The molecule has 0 saturated heterocycles. The first-order valence-electron chi connectivity index (χ1n) is 8.37. The number of hydrogen-bond donors (Lipinski definition) is 2. The monoisotopic (exact) mass is 294 g/mol. The van der Waals surface area contributed by atoms with Gasteiger partial charge in [0.2, 0.25) is 11.8 Å². The first-order valence-corrected chi connectivity index (χ1v) is 8.37. The number of rotatable bonds is 8. The molecule has 0 spiro atoms. The van der Waals surface area contributed by atoms with E-state index in [4.69, 9.17) is 5.73 Å². The zero-order chi connectivity index (χ0) is 15.6. The summed E-state index contributed by atoms with van der Waals surface area (Å²) in [5.41, 5.74) is 5.36. The van der Waals surface area contributed by atoms with Crippen LogP contribution in [0.15, 0.2) is 0 Å². The van der Waals surface area contributed by atoms with Crippen molar-refractivity contribution in [2.24, 2.45) is 29.4 Å². The van der Waals surface area contributed by atoms with Crippen LogP contribution in [0, 0.1) is 23.7 Å². The van der Waals surface area contributed by atoms with Gasteiger partial charge in [0.15, 0.2) is 0 Å². The lowest BCUT2D eigenvalue weighted by Crippen LogP contribution is -2.47. The molecule has 2 saturated carbocycles. The van der Waals surface area contributed by atoms with Crippen LogP contribution in [0.4, 0.5) is 0 Å². The zero-order valence-corrected chi connectivity index (χ0v) is 13.7. The fourth-order valence-electron chi connectivity index (χ4n) is 2.99. The number of nitrogens with two attached hydrogens (primary N) is 1. The van der Waals surface area contributed by atoms with Crippen molar-refractivity contribution in [3.8, 4) is 0 Å². The second kappa shape index (κ2) is 6.37. The van der Waals surface area contributed by atoms with Crippen molar-refractivity contribution in [1.29, 1.82) is 0 Å². The Hall–Kier alpha value is -1.06. The summed E-state index contributed by atoms with van der Waals surface area (Å²) >= 11 is 0. The molecule has 0 bridgehead atoms. The molecule has 2 aliphatic rings. The molecule has 0 heterocycles. The molecule has 0 aliphatic heterocycles. The van der Waals surface area contributed by atoms with Gasteiger partial charge in [0.25, 0.3) is 0 Å². The van der Waals surface area contributed by atoms with Crippen LogP contribution in [0.3, 0.4) is 0 Å². The molecule has 120 valence electrons. The van der Waals surface area contributed by atoms with E-state index in [1.54, 1.807) is 0 Å². The van der Waals surface area contributed by atoms with Gasteiger partial charge in [-0.05, 0) is 51.9 Å². The number of nitrogens with one attached hydrogen (secondary N) is 1. The summed E-state index contributed by atoms with van der Waals surface area (Å²) in [6.45, 7) is 5.92. The quantitative estimate of drug-likeness (QED) is 0.722. The van der Waals surface area contributed by atoms with Crippen LogP contribution < -0.4 is 11.1 Å². The maximum atomic E-state index is 12.6. The first kappa shape index (κ1) is 16.3. The van der Waals surface area contributed by atoms with E-state index in [1.165, 1.54) is 25.7 Å². The first-order chi connectivity index (χ1) is 9.76. The molecule has 0 unspecified atom stereocenters. The summed E-state index contributed by atoms with van der Waals surface area (Å²) in [7, 11) is 0. The standard InChI is InChI=1S/C17H30N2O2/c1-17(2,3)19-16(21)14(10-12-6-7-12)13(15(18)20)9-8-11-4-5-11/h11-14H,4-10H2,1-3H3,(H2,18,20)(H,19,21)/t13-,14+/m0/s1. The van der Waals surface area contributed by atoms with Crippen molar-refractivity contribution >= 4 is 11.8 Å². The van der Waals surface area contributed by atoms with E-state index in [9.17, 15) is 9.59 Å². The highest BCUT2D eigenvalue weighted by atomic mass is 16.2. The average Bonchev–Trinajstić information content (AvgIpc) is 3.20. The van der Waals surface area contributed by atoms with E-state index in [0.29, 0.717) is 5.92 Å². The lowest BCUT2D eigenvalue weighted by atomic mass is 9.82. The van der Waals surface area contributed by atoms with Gasteiger partial charge >= 0.3 is 0 Å². The largest absolute Gasteiger partial charge is 0.369 e. The molecule has 4 heteroatoms. The maximum Gasteiger partial charge on any atom is 0.224 e. The van der Waals surface area contributed by atoms with E-state index in [1.807, 2.05) is 20.8 Å². The van der Waals surface area contributed by atoms with Crippen molar-refractivity contribution < 1.29 is 9.59 Å². The van der Waals surface area contributed by atoms with Crippen LogP contribution in [-0.2, 0) is 9.59 Å². The third kappa shape index (κ3) is 5.68. The van der Waals surface area contributed by atoms with E-state index in [2.05, 4.69) is 5.32 Å². The Morgan fingerprint density at radius 1 is 1.10 bits per heavy atom. The smallest absolute Gasteiger partial charge is 0.224 e. The third-order valence-electron chi connectivity index (χ3n) is 4.55. The Bertz CT molecular complexity index is 392. The highest BCUT2D eigenvalue weighted by Crippen LogP contribution is 2.40. The van der Waals surface area contributed by atoms with E-state index in [0.717, 1.165) is 25.2 Å². The number of carbonyl (C=O) groups excluding carboxylic acids is 2. The molecule has 2 fully saturated rings.